The summed E-state index contributed by atoms with van der Waals surface area (Å²) in [5, 5.41) is 31.5. The van der Waals surface area contributed by atoms with Crippen molar-refractivity contribution >= 4 is 23.9 Å². The number of allylic oxidation sites excluding steroid dienone is 16. The molecule has 1 fully saturated rings. The molecular formula is C65H106O12. The van der Waals surface area contributed by atoms with Gasteiger partial charge in [0.25, 0.3) is 0 Å². The zero-order valence-corrected chi connectivity index (χ0v) is 48.2. The molecule has 1 aliphatic rings. The fraction of sp³-hybridized carbons (Fsp3) is 0.692. The van der Waals surface area contributed by atoms with Gasteiger partial charge in [-0.2, -0.15) is 0 Å². The van der Waals surface area contributed by atoms with E-state index in [2.05, 4.69) is 118 Å². The smallest absolute Gasteiger partial charge is 0.335 e. The number of esters is 3. The number of ether oxygens (including phenoxy) is 5. The molecule has 12 heteroatoms. The minimum Gasteiger partial charge on any atom is -0.479 e. The molecule has 0 aromatic heterocycles. The molecule has 438 valence electrons. The van der Waals surface area contributed by atoms with Crippen molar-refractivity contribution in [1.29, 1.82) is 0 Å². The van der Waals surface area contributed by atoms with Crippen molar-refractivity contribution in [3.05, 3.63) is 97.2 Å². The number of hydrogen-bond donors (Lipinski definition) is 3. The first kappa shape index (κ1) is 70.7. The van der Waals surface area contributed by atoms with Gasteiger partial charge in [0, 0.05) is 19.3 Å². The number of carbonyl (C=O) groups is 4. The van der Waals surface area contributed by atoms with Crippen molar-refractivity contribution in [2.45, 2.75) is 276 Å². The second-order valence-corrected chi connectivity index (χ2v) is 20.2. The number of aliphatic carboxylic acids is 1. The Hall–Kier alpha value is -4.36. The van der Waals surface area contributed by atoms with Gasteiger partial charge < -0.3 is 39.0 Å². The van der Waals surface area contributed by atoms with Gasteiger partial charge in [0.2, 0.25) is 0 Å². The summed E-state index contributed by atoms with van der Waals surface area (Å²) in [5.41, 5.74) is 0. The van der Waals surface area contributed by atoms with E-state index in [1.807, 2.05) is 0 Å². The number of unbranched alkanes of at least 4 members (excludes halogenated alkanes) is 20. The molecule has 77 heavy (non-hydrogen) atoms. The Morgan fingerprint density at radius 2 is 0.818 bits per heavy atom. The Morgan fingerprint density at radius 3 is 1.27 bits per heavy atom. The van der Waals surface area contributed by atoms with E-state index < -0.39 is 67.3 Å². The number of carboxylic acid groups (broad SMARTS) is 1. The summed E-state index contributed by atoms with van der Waals surface area (Å²) in [6, 6.07) is 0. The molecule has 0 aromatic carbocycles. The highest BCUT2D eigenvalue weighted by atomic mass is 16.7. The van der Waals surface area contributed by atoms with Crippen LogP contribution >= 0.6 is 0 Å². The molecule has 1 heterocycles. The number of rotatable bonds is 50. The van der Waals surface area contributed by atoms with Crippen molar-refractivity contribution < 1.29 is 58.2 Å². The van der Waals surface area contributed by atoms with Crippen molar-refractivity contribution in [2.24, 2.45) is 0 Å². The molecule has 1 saturated heterocycles. The fourth-order valence-electron chi connectivity index (χ4n) is 8.54. The number of carboxylic acids is 1. The van der Waals surface area contributed by atoms with E-state index in [9.17, 15) is 34.5 Å². The summed E-state index contributed by atoms with van der Waals surface area (Å²) < 4.78 is 28.4. The topological polar surface area (TPSA) is 175 Å². The van der Waals surface area contributed by atoms with E-state index in [-0.39, 0.29) is 25.9 Å². The molecule has 0 aromatic rings. The third-order valence-corrected chi connectivity index (χ3v) is 13.1. The van der Waals surface area contributed by atoms with Crippen LogP contribution in [0.2, 0.25) is 0 Å². The zero-order valence-electron chi connectivity index (χ0n) is 48.2. The fourth-order valence-corrected chi connectivity index (χ4v) is 8.54. The summed E-state index contributed by atoms with van der Waals surface area (Å²) in [7, 11) is 0. The van der Waals surface area contributed by atoms with Gasteiger partial charge in [0.1, 0.15) is 18.8 Å². The first-order valence-corrected chi connectivity index (χ1v) is 30.2. The number of aliphatic hydroxyl groups is 2. The summed E-state index contributed by atoms with van der Waals surface area (Å²) >= 11 is 0. The van der Waals surface area contributed by atoms with Crippen molar-refractivity contribution in [1.82, 2.24) is 0 Å². The van der Waals surface area contributed by atoms with Gasteiger partial charge in [-0.15, -0.1) is 0 Å². The Labute approximate surface area is 466 Å². The van der Waals surface area contributed by atoms with Crippen LogP contribution in [0.15, 0.2) is 97.2 Å². The average molecular weight is 1080 g/mol. The van der Waals surface area contributed by atoms with Crippen LogP contribution in [-0.2, 0) is 42.9 Å². The van der Waals surface area contributed by atoms with Crippen LogP contribution in [0.3, 0.4) is 0 Å². The third-order valence-electron chi connectivity index (χ3n) is 13.1. The summed E-state index contributed by atoms with van der Waals surface area (Å²) in [6.07, 6.45) is 56.6. The van der Waals surface area contributed by atoms with E-state index in [4.69, 9.17) is 23.7 Å². The van der Waals surface area contributed by atoms with Crippen molar-refractivity contribution in [3.8, 4) is 0 Å². The standard InChI is InChI=1S/C65H106O12/c1-4-7-10-13-16-19-22-25-27-29-31-34-36-39-42-45-48-51-57(66)73-54-56(75-58(67)52-49-46-43-40-37-33-24-21-18-15-12-9-6-3)55-74-65-63(61(70)60(69)62(77-65)64(71)72)76-59(68)53-50-47-44-41-38-35-32-30-28-26-23-20-17-14-11-8-5-2/h7,9-10,12,16,18-19,21,25-28,31,33-34,37,56,60-63,65,69-70H,4-6,8,11,13-15,17,20,22-24,29-30,32,35-36,38-55H2,1-3H3,(H,71,72)/b10-7-,12-9-,19-16-,21-18-,27-25-,28-26-,34-31-,37-33-. The Morgan fingerprint density at radius 1 is 0.442 bits per heavy atom. The van der Waals surface area contributed by atoms with Gasteiger partial charge in [-0.25, -0.2) is 4.79 Å². The molecule has 0 aliphatic carbocycles. The van der Waals surface area contributed by atoms with Crippen LogP contribution in [0.25, 0.3) is 0 Å². The SMILES string of the molecule is CC/C=C\C/C=C\C/C=C\C/C=C\CCCCCCC(=O)OCC(COC1OC(C(=O)O)C(O)C(O)C1OC(=O)CCCCCCCCC/C=C\CCCCCCCC)OC(=O)CCCCC/C=C\C/C=C\C/C=C\CC. The first-order valence-electron chi connectivity index (χ1n) is 30.2. The van der Waals surface area contributed by atoms with Gasteiger partial charge in [-0.05, 0) is 116 Å². The number of aliphatic hydroxyl groups excluding tert-OH is 2. The maximum absolute atomic E-state index is 13.1. The molecular weight excluding hydrogens is 973 g/mol. The van der Waals surface area contributed by atoms with Crippen LogP contribution in [0.5, 0.6) is 0 Å². The van der Waals surface area contributed by atoms with Crippen LogP contribution in [0, 0.1) is 0 Å². The summed E-state index contributed by atoms with van der Waals surface area (Å²) in [5.74, 6) is -3.20. The summed E-state index contributed by atoms with van der Waals surface area (Å²) in [4.78, 5) is 51.2. The molecule has 0 bridgehead atoms. The monoisotopic (exact) mass is 1080 g/mol. The Balaban J connectivity index is 2.71. The predicted octanol–water partition coefficient (Wildman–Crippen LogP) is 15.7. The van der Waals surface area contributed by atoms with Gasteiger partial charge >= 0.3 is 23.9 Å². The minimum atomic E-state index is -1.92. The second-order valence-electron chi connectivity index (χ2n) is 20.2. The molecule has 1 aliphatic heterocycles. The van der Waals surface area contributed by atoms with E-state index in [1.165, 1.54) is 51.4 Å². The van der Waals surface area contributed by atoms with Gasteiger partial charge in [-0.3, -0.25) is 14.4 Å². The minimum absolute atomic E-state index is 0.0457. The van der Waals surface area contributed by atoms with E-state index in [1.54, 1.807) is 0 Å². The highest BCUT2D eigenvalue weighted by molar-refractivity contribution is 5.74. The quantitative estimate of drug-likeness (QED) is 0.0228. The zero-order chi connectivity index (χ0) is 56.1. The lowest BCUT2D eigenvalue weighted by Gasteiger charge is -2.40. The maximum atomic E-state index is 13.1. The van der Waals surface area contributed by atoms with Crippen molar-refractivity contribution in [3.63, 3.8) is 0 Å². The largest absolute Gasteiger partial charge is 0.479 e. The lowest BCUT2D eigenvalue weighted by molar-refractivity contribution is -0.301. The average Bonchev–Trinajstić information content (AvgIpc) is 3.42. The number of hydrogen-bond acceptors (Lipinski definition) is 11. The molecule has 0 spiro atoms. The van der Waals surface area contributed by atoms with Crippen LogP contribution in [0.4, 0.5) is 0 Å². The molecule has 12 nitrogen and oxygen atoms in total. The number of carbonyl (C=O) groups excluding carboxylic acids is 3. The first-order chi connectivity index (χ1) is 37.6. The third kappa shape index (κ3) is 42.3. The van der Waals surface area contributed by atoms with Gasteiger partial charge in [0.05, 0.1) is 6.61 Å². The molecule has 6 unspecified atom stereocenters. The van der Waals surface area contributed by atoms with Crippen LogP contribution in [-0.4, -0.2) is 89.2 Å². The lowest BCUT2D eigenvalue weighted by atomic mass is 9.98. The van der Waals surface area contributed by atoms with E-state index >= 15 is 0 Å². The maximum Gasteiger partial charge on any atom is 0.335 e. The molecule has 6 atom stereocenters. The molecule has 0 saturated carbocycles. The van der Waals surface area contributed by atoms with Crippen LogP contribution in [0.1, 0.15) is 239 Å². The normalized spacial score (nSPS) is 18.7. The predicted molar refractivity (Wildman–Crippen MR) is 312 cm³/mol. The van der Waals surface area contributed by atoms with Crippen LogP contribution < -0.4 is 0 Å². The van der Waals surface area contributed by atoms with E-state index in [0.717, 1.165) is 128 Å². The van der Waals surface area contributed by atoms with E-state index in [0.29, 0.717) is 19.3 Å². The van der Waals surface area contributed by atoms with Crippen molar-refractivity contribution in [2.75, 3.05) is 13.2 Å². The highest BCUT2D eigenvalue weighted by Crippen LogP contribution is 2.26. The summed E-state index contributed by atoms with van der Waals surface area (Å²) in [6.45, 7) is 5.71. The highest BCUT2D eigenvalue weighted by Gasteiger charge is 2.50. The lowest BCUT2D eigenvalue weighted by Crippen LogP contribution is -2.61. The Bertz CT molecular complexity index is 1710. The Kier molecular flexibility index (Phi) is 48.0. The van der Waals surface area contributed by atoms with Gasteiger partial charge in [-0.1, -0.05) is 201 Å². The molecule has 3 N–H and O–H groups in total. The second kappa shape index (κ2) is 52.3. The molecule has 0 amide bonds. The molecule has 0 radical (unpaired) electrons. The molecule has 1 rings (SSSR count). The van der Waals surface area contributed by atoms with Gasteiger partial charge in [0.15, 0.2) is 24.6 Å².